The predicted molar refractivity (Wildman–Crippen MR) is 129 cm³/mol. The number of anilines is 2. The number of rotatable bonds is 10. The number of aliphatic hydroxyl groups is 1. The maximum Gasteiger partial charge on any atom is 0.323 e. The molecule has 2 aromatic rings. The number of alkyl halides is 1. The Bertz CT molecular complexity index is 1140. The van der Waals surface area contributed by atoms with E-state index in [0.29, 0.717) is 17.4 Å². The van der Waals surface area contributed by atoms with E-state index < -0.39 is 44.3 Å². The van der Waals surface area contributed by atoms with E-state index in [0.717, 1.165) is 12.8 Å². The number of nitrogen functional groups attached to an aromatic ring is 1. The van der Waals surface area contributed by atoms with Crippen molar-refractivity contribution in [3.8, 4) is 0 Å². The maximum atomic E-state index is 15.8. The van der Waals surface area contributed by atoms with E-state index in [1.54, 1.807) is 13.8 Å². The lowest BCUT2D eigenvalue weighted by atomic mass is 9.98. The van der Waals surface area contributed by atoms with E-state index in [-0.39, 0.29) is 24.3 Å². The molecule has 1 aliphatic carbocycles. The summed E-state index contributed by atoms with van der Waals surface area (Å²) in [6.45, 7) is 5.69. The second kappa shape index (κ2) is 10.2. The second-order valence-electron chi connectivity index (χ2n) is 9.64. The highest BCUT2D eigenvalue weighted by Crippen LogP contribution is 2.43. The van der Waals surface area contributed by atoms with Crippen molar-refractivity contribution >= 4 is 37.1 Å². The Hall–Kier alpha value is -2.38. The number of fused-ring (bicyclic) bond motifs is 1. The average molecular weight is 530 g/mol. The molecule has 3 heterocycles. The fourth-order valence-electron chi connectivity index (χ4n) is 4.09. The third-order valence-corrected chi connectivity index (χ3v) is 7.33. The van der Waals surface area contributed by atoms with Gasteiger partial charge in [-0.2, -0.15) is 9.97 Å². The molecule has 1 aliphatic heterocycles. The molecule has 1 saturated carbocycles. The molecular formula is C21H33FN7O6P. The van der Waals surface area contributed by atoms with Gasteiger partial charge in [-0.3, -0.25) is 13.9 Å². The summed E-state index contributed by atoms with van der Waals surface area (Å²) in [6.07, 6.45) is -0.963. The maximum absolute atomic E-state index is 15.8. The molecule has 36 heavy (non-hydrogen) atoms. The van der Waals surface area contributed by atoms with Crippen LogP contribution in [0.1, 0.15) is 46.8 Å². The summed E-state index contributed by atoms with van der Waals surface area (Å²) in [7, 11) is -1.03. The minimum absolute atomic E-state index is 0.000486. The largest absolute Gasteiger partial charge is 0.462 e. The molecule has 1 unspecified atom stereocenters. The Morgan fingerprint density at radius 1 is 1.44 bits per heavy atom. The molecular weight excluding hydrogens is 496 g/mol. The first-order chi connectivity index (χ1) is 16.9. The fraction of sp³-hybridized carbons (Fsp3) is 0.714. The lowest BCUT2D eigenvalue weighted by Crippen LogP contribution is -2.40. The molecule has 4 rings (SSSR count). The van der Waals surface area contributed by atoms with Crippen LogP contribution in [0.4, 0.5) is 16.2 Å². The number of halogens is 1. The molecule has 4 N–H and O–H groups in total. The smallest absolute Gasteiger partial charge is 0.323 e. The van der Waals surface area contributed by atoms with Gasteiger partial charge >= 0.3 is 5.97 Å². The molecule has 0 amide bonds. The zero-order valence-electron chi connectivity index (χ0n) is 20.8. The number of nitrogens with two attached hydrogens (primary N) is 1. The molecule has 6 atom stereocenters. The van der Waals surface area contributed by atoms with E-state index in [1.165, 1.54) is 24.7 Å². The molecule has 1 saturated heterocycles. The lowest BCUT2D eigenvalue weighted by molar-refractivity contribution is -0.149. The molecule has 0 bridgehead atoms. The number of ether oxygens (including phenoxy) is 2. The third kappa shape index (κ3) is 5.32. The Morgan fingerprint density at radius 3 is 2.78 bits per heavy atom. The van der Waals surface area contributed by atoms with E-state index in [9.17, 15) is 14.5 Å². The van der Waals surface area contributed by atoms with E-state index in [2.05, 4.69) is 20.0 Å². The minimum atomic E-state index is -2.92. The molecule has 0 aromatic carbocycles. The topological polar surface area (TPSA) is 167 Å². The standard InChI is InChI=1S/C21H33FN7O6P/c1-10(2)34-18(31)11(3)27-36(32)33-8-13-15(30)21(4,22)19(35-13)29-9-24-14-16(28(5)12-6-7-12)25-20(23)26-17(14)29/h9-13,15,19,30,36H,6-8H2,1-5H3,(H,27,32)(H2,23,25,26)/t11-,13+,15+,19+,21+/m0/s1. The molecule has 13 nitrogen and oxygen atoms in total. The lowest BCUT2D eigenvalue weighted by Gasteiger charge is -2.25. The van der Waals surface area contributed by atoms with Crippen LogP contribution < -0.4 is 15.7 Å². The number of nitrogens with zero attached hydrogens (tertiary/aromatic N) is 5. The number of aromatic nitrogens is 4. The first kappa shape index (κ1) is 26.7. The first-order valence-corrected chi connectivity index (χ1v) is 13.1. The monoisotopic (exact) mass is 529 g/mol. The highest BCUT2D eigenvalue weighted by atomic mass is 31.1. The van der Waals surface area contributed by atoms with Crippen molar-refractivity contribution in [3.63, 3.8) is 0 Å². The summed E-state index contributed by atoms with van der Waals surface area (Å²) >= 11 is 0. The van der Waals surface area contributed by atoms with Crippen molar-refractivity contribution < 1.29 is 32.9 Å². The van der Waals surface area contributed by atoms with Crippen molar-refractivity contribution in [3.05, 3.63) is 6.33 Å². The zero-order chi connectivity index (χ0) is 26.4. The Labute approximate surface area is 208 Å². The van der Waals surface area contributed by atoms with Crippen LogP contribution in [0.25, 0.3) is 11.2 Å². The Morgan fingerprint density at radius 2 is 2.14 bits per heavy atom. The third-order valence-electron chi connectivity index (χ3n) is 6.24. The van der Waals surface area contributed by atoms with E-state index in [1.807, 2.05) is 11.9 Å². The van der Waals surface area contributed by atoms with Gasteiger partial charge in [0.15, 0.2) is 28.9 Å². The van der Waals surface area contributed by atoms with Crippen LogP contribution in [-0.2, 0) is 23.4 Å². The molecule has 0 radical (unpaired) electrons. The Kier molecular flexibility index (Phi) is 7.54. The van der Waals surface area contributed by atoms with Crippen molar-refractivity contribution in [2.45, 2.75) is 82.8 Å². The number of carbonyl (C=O) groups is 1. The summed E-state index contributed by atoms with van der Waals surface area (Å²) in [5.41, 5.74) is 4.37. The van der Waals surface area contributed by atoms with Gasteiger partial charge in [0, 0.05) is 13.1 Å². The number of hydrogen-bond acceptors (Lipinski definition) is 11. The van der Waals surface area contributed by atoms with Gasteiger partial charge in [-0.25, -0.2) is 14.5 Å². The van der Waals surface area contributed by atoms with Crippen LogP contribution in [0.5, 0.6) is 0 Å². The van der Waals surface area contributed by atoms with Crippen molar-refractivity contribution in [2.24, 2.45) is 0 Å². The number of imidazole rings is 1. The van der Waals surface area contributed by atoms with Gasteiger partial charge in [-0.1, -0.05) is 0 Å². The number of carbonyl (C=O) groups excluding carboxylic acids is 1. The molecule has 200 valence electrons. The van der Waals surface area contributed by atoms with Gasteiger partial charge in [0.1, 0.15) is 18.2 Å². The van der Waals surface area contributed by atoms with Gasteiger partial charge < -0.3 is 29.7 Å². The quantitative estimate of drug-likeness (QED) is 0.299. The van der Waals surface area contributed by atoms with Crippen molar-refractivity contribution in [1.82, 2.24) is 24.6 Å². The minimum Gasteiger partial charge on any atom is -0.462 e. The van der Waals surface area contributed by atoms with E-state index in [4.69, 9.17) is 19.7 Å². The Balaban J connectivity index is 1.47. The number of nitrogens with one attached hydrogen (secondary N) is 1. The highest BCUT2D eigenvalue weighted by Gasteiger charge is 2.55. The molecule has 2 aliphatic rings. The summed E-state index contributed by atoms with van der Waals surface area (Å²) in [5.74, 6) is -0.0477. The number of esters is 1. The van der Waals surface area contributed by atoms with Crippen molar-refractivity contribution in [1.29, 1.82) is 0 Å². The molecule has 0 spiro atoms. The predicted octanol–water partition coefficient (Wildman–Crippen LogP) is 1.33. The van der Waals surface area contributed by atoms with E-state index >= 15 is 4.39 Å². The summed E-state index contributed by atoms with van der Waals surface area (Å²) < 4.78 is 45.6. The fourth-order valence-corrected chi connectivity index (χ4v) is 4.96. The van der Waals surface area contributed by atoms with Crippen LogP contribution in [0.15, 0.2) is 6.33 Å². The van der Waals surface area contributed by atoms with Gasteiger partial charge in [0.25, 0.3) is 8.18 Å². The molecule has 2 aromatic heterocycles. The summed E-state index contributed by atoms with van der Waals surface area (Å²) in [4.78, 5) is 26.8. The van der Waals surface area contributed by atoms with Crippen LogP contribution in [0.2, 0.25) is 0 Å². The van der Waals surface area contributed by atoms with Gasteiger partial charge in [-0.05, 0) is 40.5 Å². The van der Waals surface area contributed by atoms with Gasteiger partial charge in [0.05, 0.1) is 19.0 Å². The van der Waals surface area contributed by atoms with Crippen LogP contribution in [0, 0.1) is 0 Å². The van der Waals surface area contributed by atoms with Crippen LogP contribution in [-0.4, -0.2) is 80.3 Å². The van der Waals surface area contributed by atoms with Crippen LogP contribution in [0.3, 0.4) is 0 Å². The number of hydrogen-bond donors (Lipinski definition) is 3. The van der Waals surface area contributed by atoms with Crippen LogP contribution >= 0.6 is 8.18 Å². The SMILES string of the molecule is CC(C)OC(=O)[C@H](C)N[PH](=O)OC[C@H]1O[C@@H](n2cnc3c(N(C)C4CC4)nc(N)nc32)[C@](C)(F)[C@@H]1O. The normalized spacial score (nSPS) is 27.9. The van der Waals surface area contributed by atoms with Gasteiger partial charge in [0.2, 0.25) is 5.95 Å². The van der Waals surface area contributed by atoms with Crippen molar-refractivity contribution in [2.75, 3.05) is 24.3 Å². The molecule has 2 fully saturated rings. The molecule has 15 heteroatoms. The number of aliphatic hydroxyl groups excluding tert-OH is 1. The summed E-state index contributed by atoms with van der Waals surface area (Å²) in [5, 5.41) is 13.2. The highest BCUT2D eigenvalue weighted by molar-refractivity contribution is 7.36. The average Bonchev–Trinajstić information content (AvgIpc) is 3.53. The van der Waals surface area contributed by atoms with Gasteiger partial charge in [-0.15, -0.1) is 0 Å². The first-order valence-electron chi connectivity index (χ1n) is 11.8. The zero-order valence-corrected chi connectivity index (χ0v) is 21.8. The second-order valence-corrected chi connectivity index (χ2v) is 10.8. The summed E-state index contributed by atoms with van der Waals surface area (Å²) in [6, 6.07) is -0.547.